The van der Waals surface area contributed by atoms with Crippen molar-refractivity contribution in [2.24, 2.45) is 0 Å². The van der Waals surface area contributed by atoms with Crippen molar-refractivity contribution < 1.29 is 0 Å². The number of pyridine rings is 1. The van der Waals surface area contributed by atoms with Gasteiger partial charge in [-0.15, -0.1) is 5.10 Å². The van der Waals surface area contributed by atoms with Crippen LogP contribution >= 0.6 is 0 Å². The van der Waals surface area contributed by atoms with Gasteiger partial charge in [-0.05, 0) is 24.6 Å². The largest absolute Gasteiger partial charge is 0.363 e. The summed E-state index contributed by atoms with van der Waals surface area (Å²) < 4.78 is 0. The zero-order chi connectivity index (χ0) is 15.9. The third-order valence-corrected chi connectivity index (χ3v) is 3.27. The Kier molecular flexibility index (Phi) is 4.73. The predicted molar refractivity (Wildman–Crippen MR) is 89.9 cm³/mol. The second kappa shape index (κ2) is 7.31. The van der Waals surface area contributed by atoms with Crippen LogP contribution in [-0.4, -0.2) is 20.2 Å². The zero-order valence-electron chi connectivity index (χ0n) is 12.9. The minimum absolute atomic E-state index is 0.498. The summed E-state index contributed by atoms with van der Waals surface area (Å²) in [5.41, 5.74) is 3.36. The Balaban J connectivity index is 1.59. The molecule has 0 saturated heterocycles. The molecule has 6 nitrogen and oxygen atoms in total. The van der Waals surface area contributed by atoms with Crippen LogP contribution in [0, 0.1) is 6.92 Å². The molecule has 2 N–H and O–H groups in total. The maximum Gasteiger partial charge on any atom is 0.244 e. The first-order valence-corrected chi connectivity index (χ1v) is 7.42. The second-order valence-corrected chi connectivity index (χ2v) is 5.18. The molecule has 1 aromatic carbocycles. The highest BCUT2D eigenvalue weighted by molar-refractivity contribution is 5.38. The molecule has 6 heteroatoms. The molecule has 0 bridgehead atoms. The fraction of sp³-hybridized carbons (Fsp3) is 0.176. The lowest BCUT2D eigenvalue weighted by atomic mass is 10.1. The molecule has 0 radical (unpaired) electrons. The number of hydrogen-bond acceptors (Lipinski definition) is 6. The van der Waals surface area contributed by atoms with Crippen molar-refractivity contribution in [3.63, 3.8) is 0 Å². The van der Waals surface area contributed by atoms with Gasteiger partial charge in [0.05, 0.1) is 18.4 Å². The Morgan fingerprint density at radius 2 is 1.96 bits per heavy atom. The normalized spacial score (nSPS) is 10.3. The predicted octanol–water partition coefficient (Wildman–Crippen LogP) is 2.80. The molecule has 116 valence electrons. The van der Waals surface area contributed by atoms with Crippen molar-refractivity contribution in [3.8, 4) is 0 Å². The van der Waals surface area contributed by atoms with E-state index in [1.54, 1.807) is 12.4 Å². The first kappa shape index (κ1) is 14.9. The summed E-state index contributed by atoms with van der Waals surface area (Å²) in [7, 11) is 0. The molecule has 2 aromatic heterocycles. The van der Waals surface area contributed by atoms with E-state index >= 15 is 0 Å². The van der Waals surface area contributed by atoms with Crippen LogP contribution in [0.15, 0.2) is 54.9 Å². The van der Waals surface area contributed by atoms with Crippen molar-refractivity contribution in [2.75, 3.05) is 10.6 Å². The average molecular weight is 306 g/mol. The summed E-state index contributed by atoms with van der Waals surface area (Å²) in [4.78, 5) is 8.66. The molecule has 0 aliphatic rings. The average Bonchev–Trinajstić information content (AvgIpc) is 2.60. The molecule has 23 heavy (non-hydrogen) atoms. The molecule has 0 atom stereocenters. The van der Waals surface area contributed by atoms with Crippen molar-refractivity contribution in [2.45, 2.75) is 20.0 Å². The molecule has 0 aliphatic carbocycles. The van der Waals surface area contributed by atoms with Gasteiger partial charge in [-0.25, -0.2) is 0 Å². The van der Waals surface area contributed by atoms with E-state index < -0.39 is 0 Å². The maximum absolute atomic E-state index is 4.40. The Morgan fingerprint density at radius 1 is 1.00 bits per heavy atom. The van der Waals surface area contributed by atoms with Crippen LogP contribution in [0.4, 0.5) is 11.8 Å². The standard InChI is InChI=1S/C17H18N6/c1-13-5-4-6-14(9-13)10-20-17-22-16(12-21-23-17)19-11-15-7-2-3-8-18-15/h2-9,12H,10-11H2,1H3,(H2,19,20,22,23). The van der Waals surface area contributed by atoms with Crippen LogP contribution in [0.5, 0.6) is 0 Å². The molecule has 3 rings (SSSR count). The minimum atomic E-state index is 0.498. The molecule has 0 unspecified atom stereocenters. The van der Waals surface area contributed by atoms with Gasteiger partial charge in [0.2, 0.25) is 5.95 Å². The number of aromatic nitrogens is 4. The summed E-state index contributed by atoms with van der Waals surface area (Å²) in [6, 6.07) is 14.1. The van der Waals surface area contributed by atoms with Crippen molar-refractivity contribution in [3.05, 3.63) is 71.7 Å². The van der Waals surface area contributed by atoms with Crippen molar-refractivity contribution >= 4 is 11.8 Å². The molecule has 0 spiro atoms. The fourth-order valence-corrected chi connectivity index (χ4v) is 2.15. The number of nitrogens with zero attached hydrogens (tertiary/aromatic N) is 4. The summed E-state index contributed by atoms with van der Waals surface area (Å²) in [5.74, 6) is 1.16. The van der Waals surface area contributed by atoms with Gasteiger partial charge >= 0.3 is 0 Å². The van der Waals surface area contributed by atoms with Crippen molar-refractivity contribution in [1.82, 2.24) is 20.2 Å². The van der Waals surface area contributed by atoms with Crippen LogP contribution < -0.4 is 10.6 Å². The van der Waals surface area contributed by atoms with E-state index in [4.69, 9.17) is 0 Å². The molecule has 0 aliphatic heterocycles. The Bertz CT molecular complexity index is 760. The third-order valence-electron chi connectivity index (χ3n) is 3.27. The van der Waals surface area contributed by atoms with Crippen LogP contribution in [0.25, 0.3) is 0 Å². The van der Waals surface area contributed by atoms with E-state index in [1.807, 2.05) is 24.3 Å². The zero-order valence-corrected chi connectivity index (χ0v) is 12.9. The smallest absolute Gasteiger partial charge is 0.244 e. The van der Waals surface area contributed by atoms with E-state index in [0.29, 0.717) is 24.9 Å². The van der Waals surface area contributed by atoms with E-state index in [2.05, 4.69) is 55.9 Å². The number of hydrogen-bond donors (Lipinski definition) is 2. The topological polar surface area (TPSA) is 75.6 Å². The highest BCUT2D eigenvalue weighted by Crippen LogP contribution is 2.08. The third kappa shape index (κ3) is 4.47. The molecule has 3 aromatic rings. The van der Waals surface area contributed by atoms with Gasteiger partial charge < -0.3 is 10.6 Å². The lowest BCUT2D eigenvalue weighted by Crippen LogP contribution is -2.08. The van der Waals surface area contributed by atoms with Gasteiger partial charge in [-0.3, -0.25) is 4.98 Å². The number of nitrogens with one attached hydrogen (secondary N) is 2. The Morgan fingerprint density at radius 3 is 2.78 bits per heavy atom. The monoisotopic (exact) mass is 306 g/mol. The van der Waals surface area contributed by atoms with Gasteiger partial charge in [0.15, 0.2) is 5.82 Å². The molecule has 0 amide bonds. The van der Waals surface area contributed by atoms with Gasteiger partial charge in [0.1, 0.15) is 0 Å². The van der Waals surface area contributed by atoms with Crippen LogP contribution in [0.1, 0.15) is 16.8 Å². The van der Waals surface area contributed by atoms with E-state index in [-0.39, 0.29) is 0 Å². The highest BCUT2D eigenvalue weighted by Gasteiger charge is 2.01. The number of benzene rings is 1. The fourth-order valence-electron chi connectivity index (χ4n) is 2.15. The quantitative estimate of drug-likeness (QED) is 0.729. The lowest BCUT2D eigenvalue weighted by Gasteiger charge is -2.08. The summed E-state index contributed by atoms with van der Waals surface area (Å²) >= 11 is 0. The molecular formula is C17H18N6. The SMILES string of the molecule is Cc1cccc(CNc2nncc(NCc3ccccn3)n2)c1. The Hall–Kier alpha value is -3.02. The highest BCUT2D eigenvalue weighted by atomic mass is 15.3. The maximum atomic E-state index is 4.40. The summed E-state index contributed by atoms with van der Waals surface area (Å²) in [6.45, 7) is 3.33. The van der Waals surface area contributed by atoms with Crippen LogP contribution in [-0.2, 0) is 13.1 Å². The summed E-state index contributed by atoms with van der Waals surface area (Å²) in [5, 5.41) is 14.4. The minimum Gasteiger partial charge on any atom is -0.363 e. The number of rotatable bonds is 6. The van der Waals surface area contributed by atoms with Gasteiger partial charge in [0.25, 0.3) is 0 Å². The molecule has 0 fully saturated rings. The molecule has 0 saturated carbocycles. The van der Waals surface area contributed by atoms with Crippen molar-refractivity contribution in [1.29, 1.82) is 0 Å². The van der Waals surface area contributed by atoms with Crippen LogP contribution in [0.3, 0.4) is 0 Å². The summed E-state index contributed by atoms with van der Waals surface area (Å²) in [6.07, 6.45) is 3.37. The van der Waals surface area contributed by atoms with E-state index in [1.165, 1.54) is 11.1 Å². The van der Waals surface area contributed by atoms with Gasteiger partial charge in [0, 0.05) is 12.7 Å². The van der Waals surface area contributed by atoms with Gasteiger partial charge in [-0.2, -0.15) is 10.1 Å². The van der Waals surface area contributed by atoms with E-state index in [0.717, 1.165) is 5.69 Å². The Labute approximate surface area is 135 Å². The number of aryl methyl sites for hydroxylation is 1. The number of anilines is 2. The van der Waals surface area contributed by atoms with Gasteiger partial charge in [-0.1, -0.05) is 35.9 Å². The first-order valence-electron chi connectivity index (χ1n) is 7.42. The van der Waals surface area contributed by atoms with E-state index in [9.17, 15) is 0 Å². The van der Waals surface area contributed by atoms with Crippen LogP contribution in [0.2, 0.25) is 0 Å². The lowest BCUT2D eigenvalue weighted by molar-refractivity contribution is 0.931. The first-order chi connectivity index (χ1) is 11.3. The second-order valence-electron chi connectivity index (χ2n) is 5.18. The molecular weight excluding hydrogens is 288 g/mol. The molecule has 2 heterocycles.